The number of anilines is 1. The molecule has 4 heteroatoms. The number of carbonyl (C=O) groups excluding carboxylic acids is 1. The van der Waals surface area contributed by atoms with Crippen LogP contribution in [0.1, 0.15) is 64.5 Å². The van der Waals surface area contributed by atoms with Crippen molar-refractivity contribution >= 4 is 22.9 Å². The molecule has 0 aromatic heterocycles. The number of nitrogens with zero attached hydrogens (tertiary/aromatic N) is 2. The van der Waals surface area contributed by atoms with E-state index in [9.17, 15) is 9.90 Å². The van der Waals surface area contributed by atoms with Crippen LogP contribution in [0.3, 0.4) is 0 Å². The first-order valence-corrected chi connectivity index (χ1v) is 14.0. The van der Waals surface area contributed by atoms with E-state index in [1.54, 1.807) is 0 Å². The smallest absolute Gasteiger partial charge is 0.209 e. The first-order chi connectivity index (χ1) is 19.1. The Kier molecular flexibility index (Phi) is 7.07. The lowest BCUT2D eigenvalue weighted by atomic mass is 9.77. The van der Waals surface area contributed by atoms with Crippen molar-refractivity contribution in [2.75, 3.05) is 18.0 Å². The fourth-order valence-electron chi connectivity index (χ4n) is 6.35. The normalized spacial score (nSPS) is 20.4. The molecule has 1 N–H and O–H groups in total. The zero-order chi connectivity index (χ0) is 28.7. The van der Waals surface area contributed by atoms with Gasteiger partial charge in [-0.1, -0.05) is 50.2 Å². The molecule has 2 aromatic carbocycles. The van der Waals surface area contributed by atoms with Crippen molar-refractivity contribution in [3.63, 3.8) is 0 Å². The third-order valence-electron chi connectivity index (χ3n) is 8.57. The van der Waals surface area contributed by atoms with E-state index in [2.05, 4.69) is 73.3 Å². The van der Waals surface area contributed by atoms with Gasteiger partial charge in [0.15, 0.2) is 5.71 Å². The maximum atomic E-state index is 13.6. The fraction of sp³-hybridized carbons (Fsp3) is 0.333. The summed E-state index contributed by atoms with van der Waals surface area (Å²) >= 11 is 0. The molecule has 202 valence electrons. The number of Topliss-reactive ketones (excluding diaryl/α,β-unsaturated/α-hetero) is 1. The van der Waals surface area contributed by atoms with Crippen LogP contribution in [-0.4, -0.2) is 34.3 Å². The van der Waals surface area contributed by atoms with Gasteiger partial charge < -0.3 is 10.0 Å². The molecular weight excluding hydrogens is 492 g/mol. The van der Waals surface area contributed by atoms with E-state index in [4.69, 9.17) is 12.8 Å². The van der Waals surface area contributed by atoms with E-state index in [1.165, 1.54) is 11.1 Å². The minimum Gasteiger partial charge on any atom is -0.506 e. The molecule has 0 spiro atoms. The highest BCUT2D eigenvalue weighted by atomic mass is 16.3. The molecule has 2 aliphatic heterocycles. The van der Waals surface area contributed by atoms with Gasteiger partial charge in [0.2, 0.25) is 11.5 Å². The highest BCUT2D eigenvalue weighted by Crippen LogP contribution is 2.49. The van der Waals surface area contributed by atoms with E-state index in [0.29, 0.717) is 24.0 Å². The van der Waals surface area contributed by atoms with Crippen LogP contribution in [0.25, 0.3) is 0 Å². The van der Waals surface area contributed by atoms with Gasteiger partial charge in [-0.25, -0.2) is 0 Å². The van der Waals surface area contributed by atoms with Gasteiger partial charge in [0.25, 0.3) is 0 Å². The van der Waals surface area contributed by atoms with E-state index < -0.39 is 0 Å². The molecular formula is C36H37N2O2+. The molecule has 2 heterocycles. The summed E-state index contributed by atoms with van der Waals surface area (Å²) < 4.78 is 2.25. The molecule has 0 fully saturated rings. The molecule has 0 atom stereocenters. The van der Waals surface area contributed by atoms with Gasteiger partial charge >= 0.3 is 0 Å². The van der Waals surface area contributed by atoms with Crippen molar-refractivity contribution in [1.29, 1.82) is 0 Å². The van der Waals surface area contributed by atoms with Crippen LogP contribution in [0, 0.1) is 24.7 Å². The quantitative estimate of drug-likeness (QED) is 0.175. The van der Waals surface area contributed by atoms with Crippen LogP contribution in [-0.2, 0) is 15.6 Å². The standard InChI is InChI=1S/C36H36N2O2/c1-7-9-15-21-37-29-19-13-11-17-27(29)35(3,4)31(37)23-25-33(39)26(34(25)40)24-32-36(5,6)28-18-12-14-20-30(28)38(32)22-16-10-8-2/h1-2,11-14,17-20,23-24H,9-10,15-16,21-22H2,3-6H3/p+1. The Morgan fingerprint density at radius 3 is 2.25 bits per heavy atom. The van der Waals surface area contributed by atoms with Crippen molar-refractivity contribution in [3.05, 3.63) is 94.4 Å². The second kappa shape index (κ2) is 10.4. The average Bonchev–Trinajstić information content (AvgIpc) is 3.29. The number of hydrogen-bond acceptors (Lipinski definition) is 3. The second-order valence-corrected chi connectivity index (χ2v) is 11.8. The first-order valence-electron chi connectivity index (χ1n) is 14.0. The van der Waals surface area contributed by atoms with Gasteiger partial charge in [-0.2, -0.15) is 4.58 Å². The molecule has 0 unspecified atom stereocenters. The van der Waals surface area contributed by atoms with Gasteiger partial charge in [-0.3, -0.25) is 4.79 Å². The van der Waals surface area contributed by atoms with E-state index in [0.717, 1.165) is 48.7 Å². The zero-order valence-corrected chi connectivity index (χ0v) is 23.9. The largest absolute Gasteiger partial charge is 0.506 e. The van der Waals surface area contributed by atoms with Crippen LogP contribution in [0.15, 0.2) is 83.3 Å². The fourth-order valence-corrected chi connectivity index (χ4v) is 6.35. The van der Waals surface area contributed by atoms with Crippen molar-refractivity contribution in [2.24, 2.45) is 0 Å². The number of hydrogen-bond donors (Lipinski definition) is 1. The summed E-state index contributed by atoms with van der Waals surface area (Å²) in [6.45, 7) is 10.2. The molecule has 0 bridgehead atoms. The predicted molar refractivity (Wildman–Crippen MR) is 163 cm³/mol. The minimum atomic E-state index is -0.322. The number of allylic oxidation sites excluding steroid dienone is 5. The summed E-state index contributed by atoms with van der Waals surface area (Å²) in [5, 5.41) is 11.3. The zero-order valence-electron chi connectivity index (χ0n) is 23.9. The highest BCUT2D eigenvalue weighted by molar-refractivity contribution is 6.24. The number of aliphatic hydroxyl groups excluding tert-OH is 1. The minimum absolute atomic E-state index is 0.0515. The molecule has 0 saturated heterocycles. The molecule has 5 rings (SSSR count). The SMILES string of the molecule is C#CCCCN1C(=CC2=C(O)C(=CC3=[N+](CCCC#C)c4ccccc4C3(C)C)C2=O)C(C)(C)c2ccccc21. The summed E-state index contributed by atoms with van der Waals surface area (Å²) in [4.78, 5) is 15.9. The Bertz CT molecular complexity index is 1600. The van der Waals surface area contributed by atoms with Gasteiger partial charge in [0, 0.05) is 60.3 Å². The van der Waals surface area contributed by atoms with E-state index in [1.807, 2.05) is 36.4 Å². The third kappa shape index (κ3) is 4.29. The number of aliphatic hydroxyl groups is 1. The number of terminal acetylenes is 2. The van der Waals surface area contributed by atoms with Crippen LogP contribution in [0.5, 0.6) is 0 Å². The Morgan fingerprint density at radius 2 is 1.55 bits per heavy atom. The summed E-state index contributed by atoms with van der Waals surface area (Å²) in [6.07, 6.45) is 17.9. The molecule has 0 amide bonds. The number of benzene rings is 2. The third-order valence-corrected chi connectivity index (χ3v) is 8.57. The monoisotopic (exact) mass is 529 g/mol. The maximum Gasteiger partial charge on any atom is 0.209 e. The Labute approximate surface area is 238 Å². The molecule has 4 nitrogen and oxygen atoms in total. The number of ketones is 1. The van der Waals surface area contributed by atoms with Crippen molar-refractivity contribution in [1.82, 2.24) is 0 Å². The number of unbranched alkanes of at least 4 members (excludes halogenated alkanes) is 2. The predicted octanol–water partition coefficient (Wildman–Crippen LogP) is 6.89. The van der Waals surface area contributed by atoms with Gasteiger partial charge in [-0.05, 0) is 38.0 Å². The summed E-state index contributed by atoms with van der Waals surface area (Å²) in [7, 11) is 0. The lowest BCUT2D eigenvalue weighted by Gasteiger charge is -2.29. The topological polar surface area (TPSA) is 43.5 Å². The van der Waals surface area contributed by atoms with Gasteiger partial charge in [0.1, 0.15) is 12.3 Å². The summed E-state index contributed by atoms with van der Waals surface area (Å²) in [5.74, 6) is 5.37. The molecule has 0 saturated carbocycles. The van der Waals surface area contributed by atoms with Crippen LogP contribution in [0.4, 0.5) is 11.4 Å². The molecule has 1 aliphatic carbocycles. The molecule has 2 aromatic rings. The number of fused-ring (bicyclic) bond motifs is 2. The van der Waals surface area contributed by atoms with Crippen LogP contribution < -0.4 is 4.90 Å². The number of rotatable bonds is 8. The molecule has 3 aliphatic rings. The maximum absolute atomic E-state index is 13.6. The van der Waals surface area contributed by atoms with Crippen molar-refractivity contribution in [3.8, 4) is 24.7 Å². The van der Waals surface area contributed by atoms with Crippen molar-refractivity contribution in [2.45, 2.75) is 64.2 Å². The van der Waals surface area contributed by atoms with Gasteiger partial charge in [0.05, 0.1) is 16.6 Å². The average molecular weight is 530 g/mol. The summed E-state index contributed by atoms with van der Waals surface area (Å²) in [6, 6.07) is 16.7. The van der Waals surface area contributed by atoms with Gasteiger partial charge in [-0.15, -0.1) is 24.7 Å². The number of para-hydroxylation sites is 2. The lowest BCUT2D eigenvalue weighted by molar-refractivity contribution is -0.438. The second-order valence-electron chi connectivity index (χ2n) is 11.8. The van der Waals surface area contributed by atoms with E-state index in [-0.39, 0.29) is 22.4 Å². The Balaban J connectivity index is 1.56. The summed E-state index contributed by atoms with van der Waals surface area (Å²) in [5.41, 5.74) is 6.72. The van der Waals surface area contributed by atoms with E-state index >= 15 is 0 Å². The highest BCUT2D eigenvalue weighted by Gasteiger charge is 2.47. The molecule has 0 radical (unpaired) electrons. The number of carbonyl (C=O) groups is 1. The first kappa shape index (κ1) is 27.3. The van der Waals surface area contributed by atoms with Crippen LogP contribution in [0.2, 0.25) is 0 Å². The molecule has 40 heavy (non-hydrogen) atoms. The van der Waals surface area contributed by atoms with Crippen molar-refractivity contribution < 1.29 is 14.5 Å². The van der Waals surface area contributed by atoms with Crippen LogP contribution >= 0.6 is 0 Å². The Morgan fingerprint density at radius 1 is 0.900 bits per heavy atom. The lowest BCUT2D eigenvalue weighted by Crippen LogP contribution is -2.32. The Hall–Kier alpha value is -4.28.